The lowest BCUT2D eigenvalue weighted by molar-refractivity contribution is -0.118. The summed E-state index contributed by atoms with van der Waals surface area (Å²) >= 11 is 1.04. The van der Waals surface area contributed by atoms with Crippen molar-refractivity contribution in [3.8, 4) is 5.75 Å². The van der Waals surface area contributed by atoms with Gasteiger partial charge >= 0.3 is 0 Å². The first-order valence-electron chi connectivity index (χ1n) is 8.68. The van der Waals surface area contributed by atoms with E-state index in [1.807, 2.05) is 36.2 Å². The van der Waals surface area contributed by atoms with Crippen LogP contribution >= 0.6 is 11.8 Å². The fraction of sp³-hybridized carbons (Fsp3) is 0.278. The highest BCUT2D eigenvalue weighted by atomic mass is 32.2. The Morgan fingerprint density at radius 3 is 2.75 bits per heavy atom. The number of aromatic nitrogens is 4. The number of thioether (sulfide) groups is 1. The zero-order valence-corrected chi connectivity index (χ0v) is 15.9. The zero-order valence-electron chi connectivity index (χ0n) is 15.1. The first-order chi connectivity index (χ1) is 13.6. The van der Waals surface area contributed by atoms with Gasteiger partial charge in [-0.05, 0) is 24.1 Å². The smallest absolute Gasteiger partial charge is 0.286 e. The summed E-state index contributed by atoms with van der Waals surface area (Å²) in [7, 11) is 1.93. The van der Waals surface area contributed by atoms with Crippen LogP contribution in [-0.2, 0) is 11.2 Å². The van der Waals surface area contributed by atoms with E-state index in [4.69, 9.17) is 4.74 Å². The second kappa shape index (κ2) is 7.85. The Labute approximate surface area is 164 Å². The third kappa shape index (κ3) is 3.91. The van der Waals surface area contributed by atoms with Gasteiger partial charge in [-0.3, -0.25) is 14.9 Å². The van der Waals surface area contributed by atoms with Gasteiger partial charge in [-0.1, -0.05) is 23.9 Å². The summed E-state index contributed by atoms with van der Waals surface area (Å²) in [6.45, 7) is 1.11. The molecule has 9 nitrogen and oxygen atoms in total. The Balaban J connectivity index is 1.30. The van der Waals surface area contributed by atoms with Gasteiger partial charge in [0.1, 0.15) is 24.2 Å². The molecule has 1 aromatic carbocycles. The highest BCUT2D eigenvalue weighted by Crippen LogP contribution is 2.24. The highest BCUT2D eigenvalue weighted by molar-refractivity contribution is 8.15. The van der Waals surface area contributed by atoms with Crippen molar-refractivity contribution in [2.45, 2.75) is 11.7 Å². The molecule has 3 heterocycles. The van der Waals surface area contributed by atoms with E-state index < -0.39 is 0 Å². The number of nitrogens with zero attached hydrogens (tertiary/aromatic N) is 4. The molecule has 1 atom stereocenters. The zero-order chi connectivity index (χ0) is 19.5. The molecule has 4 rings (SSSR count). The van der Waals surface area contributed by atoms with E-state index in [-0.39, 0.29) is 16.4 Å². The summed E-state index contributed by atoms with van der Waals surface area (Å²) in [6, 6.07) is 7.56. The Hall–Kier alpha value is -3.14. The number of H-pyrrole nitrogens is 1. The third-order valence-electron chi connectivity index (χ3n) is 4.37. The molecule has 2 amide bonds. The first kappa shape index (κ1) is 18.2. The molecule has 28 heavy (non-hydrogen) atoms. The van der Waals surface area contributed by atoms with Crippen LogP contribution in [0.2, 0.25) is 0 Å². The minimum absolute atomic E-state index is 0.227. The van der Waals surface area contributed by atoms with Crippen molar-refractivity contribution in [2.24, 2.45) is 0 Å². The topological polar surface area (TPSA) is 113 Å². The summed E-state index contributed by atoms with van der Waals surface area (Å²) < 4.78 is 5.81. The van der Waals surface area contributed by atoms with E-state index in [2.05, 4.69) is 25.3 Å². The predicted octanol–water partition coefficient (Wildman–Crippen LogP) is 1.76. The number of likely N-dealkylation sites (N-methyl/N-ethyl adjacent to an activating group) is 1. The van der Waals surface area contributed by atoms with E-state index >= 15 is 0 Å². The molecular weight excluding hydrogens is 380 g/mol. The maximum absolute atomic E-state index is 11.6. The molecule has 0 bridgehead atoms. The normalized spacial score (nSPS) is 16.4. The number of fused-ring (bicyclic) bond motifs is 1. The molecule has 1 unspecified atom stereocenters. The number of carbonyl (C=O) groups excluding carboxylic acids is 2. The van der Waals surface area contributed by atoms with Crippen molar-refractivity contribution in [1.82, 2.24) is 25.3 Å². The molecule has 2 aromatic heterocycles. The third-order valence-corrected chi connectivity index (χ3v) is 5.35. The lowest BCUT2D eigenvalue weighted by atomic mass is 10.1. The highest BCUT2D eigenvalue weighted by Gasteiger charge is 2.31. The Morgan fingerprint density at radius 1 is 1.18 bits per heavy atom. The molecule has 1 saturated heterocycles. The van der Waals surface area contributed by atoms with Crippen molar-refractivity contribution < 1.29 is 14.3 Å². The van der Waals surface area contributed by atoms with Gasteiger partial charge in [-0.25, -0.2) is 15.0 Å². The van der Waals surface area contributed by atoms with Gasteiger partial charge < -0.3 is 14.6 Å². The molecule has 1 aliphatic heterocycles. The van der Waals surface area contributed by atoms with Crippen LogP contribution in [0.15, 0.2) is 36.9 Å². The summed E-state index contributed by atoms with van der Waals surface area (Å²) in [6.07, 6.45) is 3.60. The number of rotatable bonds is 7. The number of anilines is 1. The lowest BCUT2D eigenvalue weighted by Crippen LogP contribution is -2.25. The Morgan fingerprint density at radius 2 is 2.00 bits per heavy atom. The fourth-order valence-corrected chi connectivity index (χ4v) is 3.77. The van der Waals surface area contributed by atoms with Crippen molar-refractivity contribution in [2.75, 3.05) is 25.1 Å². The number of imidazole rings is 1. The van der Waals surface area contributed by atoms with E-state index in [0.29, 0.717) is 25.2 Å². The Kier molecular flexibility index (Phi) is 5.11. The van der Waals surface area contributed by atoms with Gasteiger partial charge in [0.15, 0.2) is 11.5 Å². The number of nitrogens with one attached hydrogen (secondary N) is 2. The van der Waals surface area contributed by atoms with Crippen molar-refractivity contribution in [3.05, 3.63) is 42.5 Å². The SMILES string of the molecule is CN(CCOc1ccc(CC2SC(=O)NC2=O)cc1)c1ncnc2nc[nH]c12. The molecule has 1 fully saturated rings. The van der Waals surface area contributed by atoms with Crippen LogP contribution in [0.1, 0.15) is 5.56 Å². The summed E-state index contributed by atoms with van der Waals surface area (Å²) in [4.78, 5) is 40.5. The molecule has 144 valence electrons. The molecule has 3 aromatic rings. The van der Waals surface area contributed by atoms with Crippen LogP contribution in [0.4, 0.5) is 10.6 Å². The number of hydrogen-bond donors (Lipinski definition) is 2. The minimum atomic E-state index is -0.361. The van der Waals surface area contributed by atoms with Gasteiger partial charge in [0, 0.05) is 7.05 Å². The number of imide groups is 1. The number of ether oxygens (including phenoxy) is 1. The second-order valence-corrected chi connectivity index (χ2v) is 7.48. The minimum Gasteiger partial charge on any atom is -0.492 e. The molecule has 2 N–H and O–H groups in total. The first-order valence-corrected chi connectivity index (χ1v) is 9.56. The predicted molar refractivity (Wildman–Crippen MR) is 106 cm³/mol. The molecule has 0 spiro atoms. The summed E-state index contributed by atoms with van der Waals surface area (Å²) in [5, 5.41) is 1.66. The number of aromatic amines is 1. The van der Waals surface area contributed by atoms with E-state index in [1.54, 1.807) is 6.33 Å². The quantitative estimate of drug-likeness (QED) is 0.619. The van der Waals surface area contributed by atoms with E-state index in [9.17, 15) is 9.59 Å². The molecule has 10 heteroatoms. The van der Waals surface area contributed by atoms with Gasteiger partial charge in [0.05, 0.1) is 18.1 Å². The van der Waals surface area contributed by atoms with Crippen LogP contribution in [0, 0.1) is 0 Å². The van der Waals surface area contributed by atoms with Crippen LogP contribution < -0.4 is 15.0 Å². The van der Waals surface area contributed by atoms with Crippen LogP contribution in [-0.4, -0.2) is 56.5 Å². The van der Waals surface area contributed by atoms with Crippen molar-refractivity contribution in [1.29, 1.82) is 0 Å². The number of hydrogen-bond acceptors (Lipinski definition) is 8. The van der Waals surface area contributed by atoms with Crippen molar-refractivity contribution in [3.63, 3.8) is 0 Å². The largest absolute Gasteiger partial charge is 0.492 e. The van der Waals surface area contributed by atoms with Crippen molar-refractivity contribution >= 4 is 39.9 Å². The standard InChI is InChI=1S/C18H18N6O3S/c1-24(16-14-15(20-9-19-14)21-10-22-16)6-7-27-12-4-2-11(3-5-12)8-13-17(25)23-18(26)28-13/h2-5,9-10,13H,6-8H2,1H3,(H,23,25,26)(H,19,20,21,22). The van der Waals surface area contributed by atoms with Crippen LogP contribution in [0.5, 0.6) is 5.75 Å². The molecule has 0 saturated carbocycles. The Bertz CT molecular complexity index is 1010. The maximum atomic E-state index is 11.6. The van der Waals surface area contributed by atoms with Crippen LogP contribution in [0.3, 0.4) is 0 Å². The summed E-state index contributed by atoms with van der Waals surface area (Å²) in [5.41, 5.74) is 2.40. The average molecular weight is 398 g/mol. The van der Waals surface area contributed by atoms with Gasteiger partial charge in [0.25, 0.3) is 5.24 Å². The molecule has 1 aliphatic rings. The molecule has 0 radical (unpaired) electrons. The average Bonchev–Trinajstić information content (AvgIpc) is 3.29. The number of benzene rings is 1. The monoisotopic (exact) mass is 398 g/mol. The number of carbonyl (C=O) groups is 2. The molecular formula is C18H18N6O3S. The van der Waals surface area contributed by atoms with Gasteiger partial charge in [-0.2, -0.15) is 0 Å². The summed E-state index contributed by atoms with van der Waals surface area (Å²) in [5.74, 6) is 1.28. The van der Waals surface area contributed by atoms with Gasteiger partial charge in [0.2, 0.25) is 5.91 Å². The van der Waals surface area contributed by atoms with E-state index in [0.717, 1.165) is 34.4 Å². The maximum Gasteiger partial charge on any atom is 0.286 e. The van der Waals surface area contributed by atoms with Gasteiger partial charge in [-0.15, -0.1) is 0 Å². The fourth-order valence-electron chi connectivity index (χ4n) is 2.91. The van der Waals surface area contributed by atoms with Crippen LogP contribution in [0.25, 0.3) is 11.2 Å². The molecule has 0 aliphatic carbocycles. The second-order valence-electron chi connectivity index (χ2n) is 6.30. The number of amides is 2. The van der Waals surface area contributed by atoms with E-state index in [1.165, 1.54) is 6.33 Å². The lowest BCUT2D eigenvalue weighted by Gasteiger charge is -2.18.